The summed E-state index contributed by atoms with van der Waals surface area (Å²) in [5.74, 6) is 2.17. The van der Waals surface area contributed by atoms with Gasteiger partial charge in [0.05, 0.1) is 6.54 Å². The van der Waals surface area contributed by atoms with Gasteiger partial charge < -0.3 is 9.84 Å². The van der Waals surface area contributed by atoms with Crippen LogP contribution in [0.5, 0.6) is 0 Å². The van der Waals surface area contributed by atoms with Crippen LogP contribution >= 0.6 is 0 Å². The smallest absolute Gasteiger partial charge is 0.240 e. The Morgan fingerprint density at radius 2 is 1.95 bits per heavy atom. The second-order valence-corrected chi connectivity index (χ2v) is 5.61. The first-order chi connectivity index (χ1) is 10.4. The molecule has 0 saturated heterocycles. The molecule has 1 saturated carbocycles. The van der Waals surface area contributed by atoms with Crippen LogP contribution in [0.2, 0.25) is 0 Å². The topological polar surface area (TPSA) is 51.0 Å². The average molecular weight is 279 g/mol. The van der Waals surface area contributed by atoms with Gasteiger partial charge >= 0.3 is 0 Å². The quantitative estimate of drug-likeness (QED) is 0.777. The summed E-state index contributed by atoms with van der Waals surface area (Å²) in [7, 11) is 0. The van der Waals surface area contributed by atoms with Gasteiger partial charge in [-0.25, -0.2) is 0 Å². The van der Waals surface area contributed by atoms with Gasteiger partial charge in [-0.1, -0.05) is 47.6 Å². The molecule has 0 bridgehead atoms. The number of benzene rings is 2. The molecular weight excluding hydrogens is 262 g/mol. The van der Waals surface area contributed by atoms with Crippen LogP contribution in [0, 0.1) is 5.92 Å². The van der Waals surface area contributed by atoms with Crippen molar-refractivity contribution in [2.24, 2.45) is 5.92 Å². The first-order valence-corrected chi connectivity index (χ1v) is 7.41. The third-order valence-electron chi connectivity index (χ3n) is 3.90. The van der Waals surface area contributed by atoms with Gasteiger partial charge in [0.2, 0.25) is 11.7 Å². The molecule has 0 atom stereocenters. The molecule has 106 valence electrons. The van der Waals surface area contributed by atoms with Crippen LogP contribution in [0.4, 0.5) is 0 Å². The van der Waals surface area contributed by atoms with Crippen LogP contribution in [0.1, 0.15) is 18.7 Å². The Balaban J connectivity index is 1.58. The van der Waals surface area contributed by atoms with Gasteiger partial charge in [0.15, 0.2) is 0 Å². The number of nitrogens with one attached hydrogen (secondary N) is 1. The van der Waals surface area contributed by atoms with Gasteiger partial charge in [-0.3, -0.25) is 0 Å². The van der Waals surface area contributed by atoms with Crippen LogP contribution in [-0.4, -0.2) is 16.7 Å². The Labute approximate surface area is 123 Å². The molecule has 1 heterocycles. The van der Waals surface area contributed by atoms with Crippen LogP contribution < -0.4 is 5.32 Å². The van der Waals surface area contributed by atoms with E-state index in [2.05, 4.69) is 33.7 Å². The van der Waals surface area contributed by atoms with Crippen molar-refractivity contribution in [3.8, 4) is 11.4 Å². The van der Waals surface area contributed by atoms with Crippen LogP contribution in [-0.2, 0) is 6.54 Å². The molecule has 4 nitrogen and oxygen atoms in total. The van der Waals surface area contributed by atoms with Crippen LogP contribution in [0.25, 0.3) is 22.2 Å². The Morgan fingerprint density at radius 1 is 1.10 bits per heavy atom. The van der Waals surface area contributed by atoms with E-state index in [1.165, 1.54) is 18.2 Å². The summed E-state index contributed by atoms with van der Waals surface area (Å²) in [6, 6.07) is 14.4. The van der Waals surface area contributed by atoms with Gasteiger partial charge in [0.25, 0.3) is 0 Å². The second kappa shape index (κ2) is 5.30. The van der Waals surface area contributed by atoms with Gasteiger partial charge in [-0.2, -0.15) is 4.98 Å². The summed E-state index contributed by atoms with van der Waals surface area (Å²) in [6.45, 7) is 1.69. The molecule has 1 aliphatic carbocycles. The summed E-state index contributed by atoms with van der Waals surface area (Å²) in [4.78, 5) is 4.51. The molecule has 0 radical (unpaired) electrons. The Bertz CT molecular complexity index is 756. The highest BCUT2D eigenvalue weighted by Gasteiger charge is 2.20. The normalized spacial score (nSPS) is 14.7. The predicted octanol–water partition coefficient (Wildman–Crippen LogP) is 3.39. The predicted molar refractivity (Wildman–Crippen MR) is 81.7 cm³/mol. The second-order valence-electron chi connectivity index (χ2n) is 5.61. The molecule has 4 heteroatoms. The first kappa shape index (κ1) is 12.5. The Hall–Kier alpha value is -2.20. The zero-order valence-electron chi connectivity index (χ0n) is 11.7. The lowest BCUT2D eigenvalue weighted by atomic mass is 10.0. The van der Waals surface area contributed by atoms with Gasteiger partial charge in [-0.05, 0) is 36.1 Å². The Morgan fingerprint density at radius 3 is 2.86 bits per heavy atom. The number of rotatable bonds is 5. The van der Waals surface area contributed by atoms with E-state index in [1.54, 1.807) is 0 Å². The standard InChI is InChI=1S/C17H17N3O/c1-2-6-14-13(4-1)5-3-7-15(14)17-19-16(21-20-17)11-18-10-12-8-9-12/h1-7,12,18H,8-11H2. The van der Waals surface area contributed by atoms with E-state index in [-0.39, 0.29) is 0 Å². The molecule has 21 heavy (non-hydrogen) atoms. The zero-order chi connectivity index (χ0) is 14.1. The van der Waals surface area contributed by atoms with Crippen molar-refractivity contribution in [1.29, 1.82) is 0 Å². The van der Waals surface area contributed by atoms with E-state index in [0.717, 1.165) is 23.4 Å². The lowest BCUT2D eigenvalue weighted by Crippen LogP contribution is -2.16. The molecule has 1 fully saturated rings. The number of nitrogens with zero attached hydrogens (tertiary/aromatic N) is 2. The summed E-state index contributed by atoms with van der Waals surface area (Å²) in [6.07, 6.45) is 2.69. The fourth-order valence-corrected chi connectivity index (χ4v) is 2.56. The maximum absolute atomic E-state index is 5.35. The lowest BCUT2D eigenvalue weighted by Gasteiger charge is -2.01. The van der Waals surface area contributed by atoms with Crippen molar-refractivity contribution in [2.75, 3.05) is 6.54 Å². The summed E-state index contributed by atoms with van der Waals surface area (Å²) < 4.78 is 5.35. The highest BCUT2D eigenvalue weighted by atomic mass is 16.5. The van der Waals surface area contributed by atoms with E-state index < -0.39 is 0 Å². The number of hydrogen-bond acceptors (Lipinski definition) is 4. The monoisotopic (exact) mass is 279 g/mol. The van der Waals surface area contributed by atoms with Gasteiger partial charge in [-0.15, -0.1) is 0 Å². The number of hydrogen-bond donors (Lipinski definition) is 1. The minimum Gasteiger partial charge on any atom is -0.338 e. The third kappa shape index (κ3) is 2.67. The highest BCUT2D eigenvalue weighted by Crippen LogP contribution is 2.28. The maximum atomic E-state index is 5.35. The van der Waals surface area contributed by atoms with E-state index in [0.29, 0.717) is 18.3 Å². The van der Waals surface area contributed by atoms with Crippen LogP contribution in [0.3, 0.4) is 0 Å². The minimum absolute atomic E-state index is 0.647. The van der Waals surface area contributed by atoms with Gasteiger partial charge in [0, 0.05) is 5.56 Å². The SMILES string of the molecule is c1ccc2c(-c3noc(CNCC4CC4)n3)cccc2c1. The van der Waals surface area contributed by atoms with E-state index in [4.69, 9.17) is 4.52 Å². The molecule has 3 aromatic rings. The largest absolute Gasteiger partial charge is 0.338 e. The van der Waals surface area contributed by atoms with Crippen molar-refractivity contribution < 1.29 is 4.52 Å². The van der Waals surface area contributed by atoms with E-state index in [9.17, 15) is 0 Å². The molecule has 0 spiro atoms. The first-order valence-electron chi connectivity index (χ1n) is 7.41. The fourth-order valence-electron chi connectivity index (χ4n) is 2.56. The minimum atomic E-state index is 0.647. The zero-order valence-corrected chi connectivity index (χ0v) is 11.7. The molecule has 0 unspecified atom stereocenters. The fraction of sp³-hybridized carbons (Fsp3) is 0.294. The van der Waals surface area contributed by atoms with Crippen molar-refractivity contribution in [3.63, 3.8) is 0 Å². The molecule has 0 amide bonds. The summed E-state index contributed by atoms with van der Waals surface area (Å²) in [5, 5.41) is 9.83. The van der Waals surface area contributed by atoms with Crippen molar-refractivity contribution in [2.45, 2.75) is 19.4 Å². The molecule has 2 aromatic carbocycles. The molecular formula is C17H17N3O. The highest BCUT2D eigenvalue weighted by molar-refractivity contribution is 5.94. The average Bonchev–Trinajstić information content (AvgIpc) is 3.23. The molecule has 4 rings (SSSR count). The van der Waals surface area contributed by atoms with E-state index in [1.807, 2.05) is 24.3 Å². The van der Waals surface area contributed by atoms with Crippen molar-refractivity contribution >= 4 is 10.8 Å². The summed E-state index contributed by atoms with van der Waals surface area (Å²) in [5.41, 5.74) is 1.02. The Kier molecular flexibility index (Phi) is 3.16. The summed E-state index contributed by atoms with van der Waals surface area (Å²) >= 11 is 0. The van der Waals surface area contributed by atoms with E-state index >= 15 is 0 Å². The van der Waals surface area contributed by atoms with Gasteiger partial charge in [0.1, 0.15) is 0 Å². The molecule has 1 aliphatic rings. The molecule has 1 aromatic heterocycles. The number of fused-ring (bicyclic) bond motifs is 1. The third-order valence-corrected chi connectivity index (χ3v) is 3.90. The molecule has 1 N–H and O–H groups in total. The lowest BCUT2D eigenvalue weighted by molar-refractivity contribution is 0.367. The van der Waals surface area contributed by atoms with Crippen molar-refractivity contribution in [3.05, 3.63) is 48.4 Å². The maximum Gasteiger partial charge on any atom is 0.240 e. The molecule has 0 aliphatic heterocycles. The van der Waals surface area contributed by atoms with Crippen LogP contribution in [0.15, 0.2) is 47.0 Å². The number of aromatic nitrogens is 2. The van der Waals surface area contributed by atoms with Crippen molar-refractivity contribution in [1.82, 2.24) is 15.5 Å².